The smallest absolute Gasteiger partial charge is 0.312 e. The summed E-state index contributed by atoms with van der Waals surface area (Å²) in [5.74, 6) is 5.12. The van der Waals surface area contributed by atoms with E-state index < -0.39 is 0 Å². The molecule has 1 aliphatic heterocycles. The number of ether oxygens (including phenoxy) is 6. The normalized spacial score (nSPS) is 21.8. The fourth-order valence-electron chi connectivity index (χ4n) is 11.5. The molecule has 4 aliphatic carbocycles. The third kappa shape index (κ3) is 12.7. The van der Waals surface area contributed by atoms with Crippen molar-refractivity contribution >= 4 is 55.3 Å². The number of aromatic nitrogens is 1. The topological polar surface area (TPSA) is 93.4 Å². The molecule has 1 saturated heterocycles. The van der Waals surface area contributed by atoms with Crippen LogP contribution in [0.15, 0.2) is 97.1 Å². The standard InChI is InChI=1S/C56H68NO8S2/c58-53(15-6-1-10-48-24-34-66-67-48)64-27-8-25-57-51-13-4-2-11-49(51)54(50-12-3-5-14-52(50)57)45-18-22-47(23-19-45)63-33-31-61-29-28-60-30-32-62-46-20-16-41(17-21-46)9-7-26-65-55(59)56-38-42-35-43(39-56)37-44(36-42)40-56/h2-5,11-14,16-23,42-44,48H,1,6-10,15,24-40H2/q+1. The maximum atomic E-state index is 13.1. The summed E-state index contributed by atoms with van der Waals surface area (Å²) in [5, 5.41) is 3.11. The number of carbonyl (C=O) groups is 2. The Kier molecular flexibility index (Phi) is 17.0. The largest absolute Gasteiger partial charge is 0.491 e. The van der Waals surface area contributed by atoms with Gasteiger partial charge in [-0.1, -0.05) is 76.5 Å². The molecule has 0 spiro atoms. The number of unbranched alkanes of at least 4 members (excludes halogenated alkanes) is 1. The summed E-state index contributed by atoms with van der Waals surface area (Å²) < 4.78 is 37.4. The highest BCUT2D eigenvalue weighted by atomic mass is 33.1. The Balaban J connectivity index is 0.642. The van der Waals surface area contributed by atoms with Gasteiger partial charge in [-0.25, -0.2) is 0 Å². The summed E-state index contributed by atoms with van der Waals surface area (Å²) in [4.78, 5) is 25.6. The fourth-order valence-corrected chi connectivity index (χ4v) is 14.6. The highest BCUT2D eigenvalue weighted by molar-refractivity contribution is 8.77. The van der Waals surface area contributed by atoms with Crippen molar-refractivity contribution in [1.82, 2.24) is 0 Å². The molecule has 1 aromatic heterocycles. The molecule has 5 fully saturated rings. The first kappa shape index (κ1) is 47.8. The third-order valence-corrected chi connectivity index (χ3v) is 17.4. The maximum absolute atomic E-state index is 13.1. The van der Waals surface area contributed by atoms with Crippen molar-refractivity contribution in [2.45, 2.75) is 102 Å². The van der Waals surface area contributed by atoms with Gasteiger partial charge in [0.05, 0.1) is 55.8 Å². The van der Waals surface area contributed by atoms with Gasteiger partial charge >= 0.3 is 11.9 Å². The molecule has 1 unspecified atom stereocenters. The predicted octanol–water partition coefficient (Wildman–Crippen LogP) is 11.8. The number of aryl methyl sites for hydroxylation is 2. The number of benzene rings is 4. The van der Waals surface area contributed by atoms with Gasteiger partial charge in [-0.2, -0.15) is 4.57 Å². The third-order valence-electron chi connectivity index (χ3n) is 14.3. The zero-order chi connectivity index (χ0) is 45.7. The summed E-state index contributed by atoms with van der Waals surface area (Å²) in [7, 11) is 3.98. The van der Waals surface area contributed by atoms with E-state index in [1.54, 1.807) is 0 Å². The summed E-state index contributed by atoms with van der Waals surface area (Å²) in [6.45, 7) is 4.48. The molecule has 4 aromatic carbocycles. The zero-order valence-corrected chi connectivity index (χ0v) is 40.7. The minimum Gasteiger partial charge on any atom is -0.491 e. The Hall–Kier alpha value is -4.29. The molecule has 0 amide bonds. The van der Waals surface area contributed by atoms with Gasteiger partial charge in [0.2, 0.25) is 11.0 Å². The van der Waals surface area contributed by atoms with Crippen molar-refractivity contribution < 1.29 is 42.6 Å². The van der Waals surface area contributed by atoms with Crippen molar-refractivity contribution in [3.63, 3.8) is 0 Å². The summed E-state index contributed by atoms with van der Waals surface area (Å²) >= 11 is 0. The van der Waals surface area contributed by atoms with E-state index in [0.29, 0.717) is 59.3 Å². The number of rotatable bonds is 26. The molecule has 5 aliphatic rings. The van der Waals surface area contributed by atoms with E-state index in [-0.39, 0.29) is 17.4 Å². The van der Waals surface area contributed by atoms with E-state index in [1.165, 1.54) is 59.8 Å². The number of esters is 2. The van der Waals surface area contributed by atoms with Gasteiger partial charge in [-0.15, -0.1) is 0 Å². The average Bonchev–Trinajstić information content (AvgIpc) is 3.87. The van der Waals surface area contributed by atoms with Crippen LogP contribution < -0.4 is 14.0 Å². The number of carbonyl (C=O) groups excluding carboxylic acids is 2. The fraction of sp³-hybridized carbons (Fsp3) is 0.518. The lowest BCUT2D eigenvalue weighted by Crippen LogP contribution is -2.50. The molecule has 67 heavy (non-hydrogen) atoms. The monoisotopic (exact) mass is 946 g/mol. The first-order valence-electron chi connectivity index (χ1n) is 25.0. The number of hydrogen-bond acceptors (Lipinski definition) is 10. The van der Waals surface area contributed by atoms with Crippen LogP contribution in [0.4, 0.5) is 0 Å². The highest BCUT2D eigenvalue weighted by Crippen LogP contribution is 2.60. The van der Waals surface area contributed by atoms with Gasteiger partial charge in [-0.05, 0) is 136 Å². The minimum absolute atomic E-state index is 0.0802. The predicted molar refractivity (Wildman–Crippen MR) is 269 cm³/mol. The molecule has 4 saturated carbocycles. The second-order valence-electron chi connectivity index (χ2n) is 19.2. The summed E-state index contributed by atoms with van der Waals surface area (Å²) in [6.07, 6.45) is 14.6. The molecule has 9 nitrogen and oxygen atoms in total. The van der Waals surface area contributed by atoms with Gasteiger partial charge in [-0.3, -0.25) is 9.59 Å². The SMILES string of the molecule is O=C(CCCCC1CCSS1)OCCC[n+]1c2ccccc2c(-c2ccc(OCCOCCOCCOc3ccc(CCCOC(=O)C45CC6CC(CC(C6)C4)C5)cc3)cc2)c2ccccc21. The zero-order valence-electron chi connectivity index (χ0n) is 39.0. The van der Waals surface area contributed by atoms with Crippen molar-refractivity contribution in [2.24, 2.45) is 23.2 Å². The Morgan fingerprint density at radius 2 is 1.19 bits per heavy atom. The van der Waals surface area contributed by atoms with E-state index in [1.807, 2.05) is 45.9 Å². The lowest BCUT2D eigenvalue weighted by atomic mass is 9.49. The molecule has 356 valence electrons. The number of fused-ring (bicyclic) bond motifs is 2. The van der Waals surface area contributed by atoms with E-state index in [2.05, 4.69) is 77.4 Å². The van der Waals surface area contributed by atoms with Crippen LogP contribution in [0, 0.1) is 23.2 Å². The van der Waals surface area contributed by atoms with Gasteiger partial charge in [0.25, 0.3) is 0 Å². The van der Waals surface area contributed by atoms with Crippen molar-refractivity contribution in [3.8, 4) is 22.6 Å². The van der Waals surface area contributed by atoms with Crippen LogP contribution in [0.25, 0.3) is 32.9 Å². The second kappa shape index (κ2) is 23.8. The van der Waals surface area contributed by atoms with Crippen LogP contribution >= 0.6 is 21.6 Å². The number of pyridine rings is 1. The summed E-state index contributed by atoms with van der Waals surface area (Å²) in [6, 6.07) is 33.6. The van der Waals surface area contributed by atoms with Gasteiger partial charge in [0.15, 0.2) is 6.54 Å². The van der Waals surface area contributed by atoms with Gasteiger partial charge in [0.1, 0.15) is 24.7 Å². The Morgan fingerprint density at radius 1 is 0.612 bits per heavy atom. The van der Waals surface area contributed by atoms with Gasteiger partial charge < -0.3 is 28.4 Å². The lowest BCUT2D eigenvalue weighted by molar-refractivity contribution is -0.645. The molecule has 5 aromatic rings. The molecule has 1 atom stereocenters. The molecule has 2 heterocycles. The van der Waals surface area contributed by atoms with Crippen LogP contribution in [0.3, 0.4) is 0 Å². The molecule has 4 bridgehead atoms. The maximum Gasteiger partial charge on any atom is 0.312 e. The van der Waals surface area contributed by atoms with E-state index in [9.17, 15) is 9.59 Å². The molecule has 0 radical (unpaired) electrons. The van der Waals surface area contributed by atoms with Gasteiger partial charge in [0, 0.05) is 41.5 Å². The Bertz CT molecular complexity index is 2290. The number of para-hydroxylation sites is 2. The van der Waals surface area contributed by atoms with E-state index >= 15 is 0 Å². The summed E-state index contributed by atoms with van der Waals surface area (Å²) in [5.41, 5.74) is 5.66. The van der Waals surface area contributed by atoms with Crippen LogP contribution in [0.2, 0.25) is 0 Å². The molecular weight excluding hydrogens is 879 g/mol. The first-order valence-corrected chi connectivity index (χ1v) is 27.4. The van der Waals surface area contributed by atoms with Crippen molar-refractivity contribution in [3.05, 3.63) is 103 Å². The van der Waals surface area contributed by atoms with Crippen molar-refractivity contribution in [2.75, 3.05) is 58.6 Å². The molecule has 10 rings (SSSR count). The molecule has 11 heteroatoms. The molecule has 0 N–H and O–H groups in total. The quantitative estimate of drug-likeness (QED) is 0.0175. The number of nitrogens with zero attached hydrogens (tertiary/aromatic N) is 1. The molecular formula is C56H68NO8S2+. The van der Waals surface area contributed by atoms with Crippen LogP contribution in [-0.4, -0.2) is 75.8 Å². The number of hydrogen-bond donors (Lipinski definition) is 0. The first-order chi connectivity index (χ1) is 33.0. The van der Waals surface area contributed by atoms with Crippen LogP contribution in [0.5, 0.6) is 11.5 Å². The van der Waals surface area contributed by atoms with E-state index in [4.69, 9.17) is 28.4 Å². The minimum atomic E-state index is -0.172. The Labute approximate surface area is 404 Å². The average molecular weight is 947 g/mol. The second-order valence-corrected chi connectivity index (χ2v) is 22.0. The van der Waals surface area contributed by atoms with Crippen molar-refractivity contribution in [1.29, 1.82) is 0 Å². The van der Waals surface area contributed by atoms with Crippen LogP contribution in [-0.2, 0) is 41.5 Å². The highest BCUT2D eigenvalue weighted by Gasteiger charge is 2.55. The van der Waals surface area contributed by atoms with E-state index in [0.717, 1.165) is 109 Å². The van der Waals surface area contributed by atoms with Crippen LogP contribution in [0.1, 0.15) is 89.0 Å². The Morgan fingerprint density at radius 3 is 1.81 bits per heavy atom. The lowest BCUT2D eigenvalue weighted by Gasteiger charge is -2.55.